The van der Waals surface area contributed by atoms with E-state index in [1.54, 1.807) is 13.1 Å². The number of nitrogens with one attached hydrogen (secondary N) is 2. The maximum absolute atomic E-state index is 11.7. The molecule has 1 unspecified atom stereocenters. The van der Waals surface area contributed by atoms with Crippen LogP contribution < -0.4 is 10.6 Å². The fourth-order valence-corrected chi connectivity index (χ4v) is 2.26. The largest absolute Gasteiger partial charge is 0.480 e. The van der Waals surface area contributed by atoms with Crippen molar-refractivity contribution < 1.29 is 14.7 Å². The molecule has 1 aromatic rings. The Morgan fingerprint density at radius 3 is 2.68 bits per heavy atom. The fourth-order valence-electron chi connectivity index (χ4n) is 1.53. The Morgan fingerprint density at radius 1 is 1.53 bits per heavy atom. The highest BCUT2D eigenvalue weighted by molar-refractivity contribution is 7.11. The number of thiazole rings is 1. The number of urea groups is 1. The Kier molecular flexibility index (Phi) is 5.75. The molecule has 0 bridgehead atoms. The maximum atomic E-state index is 11.7. The SMILES string of the molecule is CCC(C)[C@H](NC(=O)NCc1cnc(C)s1)C(=O)O. The third-order valence-electron chi connectivity index (χ3n) is 2.86. The highest BCUT2D eigenvalue weighted by Gasteiger charge is 2.25. The van der Waals surface area contributed by atoms with Crippen molar-refractivity contribution in [2.24, 2.45) is 5.92 Å². The Labute approximate surface area is 116 Å². The molecule has 3 N–H and O–H groups in total. The van der Waals surface area contributed by atoms with Crippen LogP contribution in [0.1, 0.15) is 30.2 Å². The van der Waals surface area contributed by atoms with Gasteiger partial charge < -0.3 is 15.7 Å². The monoisotopic (exact) mass is 285 g/mol. The number of carboxylic acid groups (broad SMARTS) is 1. The molecule has 0 radical (unpaired) electrons. The number of aromatic nitrogens is 1. The lowest BCUT2D eigenvalue weighted by atomic mass is 9.99. The van der Waals surface area contributed by atoms with Gasteiger partial charge in [-0.2, -0.15) is 0 Å². The van der Waals surface area contributed by atoms with Crippen LogP contribution in [0.3, 0.4) is 0 Å². The van der Waals surface area contributed by atoms with Gasteiger partial charge in [0.2, 0.25) is 0 Å². The summed E-state index contributed by atoms with van der Waals surface area (Å²) in [5.74, 6) is -1.13. The van der Waals surface area contributed by atoms with Crippen LogP contribution in [-0.4, -0.2) is 28.1 Å². The molecule has 0 aliphatic carbocycles. The summed E-state index contributed by atoms with van der Waals surface area (Å²) in [6.07, 6.45) is 2.38. The molecule has 0 saturated carbocycles. The predicted octanol–water partition coefficient (Wildman–Crippen LogP) is 1.75. The second-order valence-electron chi connectivity index (χ2n) is 4.37. The summed E-state index contributed by atoms with van der Waals surface area (Å²) in [6, 6.07) is -1.34. The second-order valence-corrected chi connectivity index (χ2v) is 5.69. The van der Waals surface area contributed by atoms with Crippen LogP contribution in [0, 0.1) is 12.8 Å². The lowest BCUT2D eigenvalue weighted by Crippen LogP contribution is -2.48. The summed E-state index contributed by atoms with van der Waals surface area (Å²) in [5, 5.41) is 15.1. The first kappa shape index (κ1) is 15.4. The molecule has 2 amide bonds. The summed E-state index contributed by atoms with van der Waals surface area (Å²) >= 11 is 1.50. The van der Waals surface area contributed by atoms with E-state index in [0.29, 0.717) is 13.0 Å². The molecule has 1 aromatic heterocycles. The number of amides is 2. The maximum Gasteiger partial charge on any atom is 0.326 e. The van der Waals surface area contributed by atoms with Gasteiger partial charge in [-0.3, -0.25) is 0 Å². The van der Waals surface area contributed by atoms with E-state index in [1.165, 1.54) is 11.3 Å². The first-order valence-corrected chi connectivity index (χ1v) is 6.94. The zero-order valence-corrected chi connectivity index (χ0v) is 12.1. The normalized spacial score (nSPS) is 13.6. The first-order chi connectivity index (χ1) is 8.93. The smallest absolute Gasteiger partial charge is 0.326 e. The molecule has 0 fully saturated rings. The van der Waals surface area contributed by atoms with E-state index < -0.39 is 18.0 Å². The molecule has 2 atom stereocenters. The Balaban J connectivity index is 2.46. The summed E-state index contributed by atoms with van der Waals surface area (Å²) in [5.41, 5.74) is 0. The number of rotatable bonds is 6. The number of aryl methyl sites for hydroxylation is 1. The van der Waals surface area contributed by atoms with Crippen molar-refractivity contribution in [2.75, 3.05) is 0 Å². The zero-order valence-electron chi connectivity index (χ0n) is 11.3. The highest BCUT2D eigenvalue weighted by atomic mass is 32.1. The Bertz CT molecular complexity index is 447. The van der Waals surface area contributed by atoms with Crippen molar-refractivity contribution in [3.63, 3.8) is 0 Å². The number of hydrogen-bond donors (Lipinski definition) is 3. The number of hydrogen-bond acceptors (Lipinski definition) is 4. The Morgan fingerprint density at radius 2 is 2.21 bits per heavy atom. The van der Waals surface area contributed by atoms with Crippen molar-refractivity contribution in [3.8, 4) is 0 Å². The minimum absolute atomic E-state index is 0.117. The number of aliphatic carboxylic acids is 1. The number of carboxylic acids is 1. The molecule has 0 saturated heterocycles. The lowest BCUT2D eigenvalue weighted by molar-refractivity contribution is -0.140. The van der Waals surface area contributed by atoms with Crippen LogP contribution in [0.15, 0.2) is 6.20 Å². The van der Waals surface area contributed by atoms with Crippen molar-refractivity contribution in [1.82, 2.24) is 15.6 Å². The van der Waals surface area contributed by atoms with Gasteiger partial charge in [-0.15, -0.1) is 11.3 Å². The van der Waals surface area contributed by atoms with Crippen molar-refractivity contribution in [3.05, 3.63) is 16.1 Å². The molecule has 0 aliphatic rings. The van der Waals surface area contributed by atoms with Crippen LogP contribution in [0.5, 0.6) is 0 Å². The lowest BCUT2D eigenvalue weighted by Gasteiger charge is -2.20. The van der Waals surface area contributed by atoms with E-state index in [1.807, 2.05) is 13.8 Å². The summed E-state index contributed by atoms with van der Waals surface area (Å²) < 4.78 is 0. The molecule has 0 aliphatic heterocycles. The van der Waals surface area contributed by atoms with Crippen molar-refractivity contribution >= 4 is 23.3 Å². The topological polar surface area (TPSA) is 91.3 Å². The van der Waals surface area contributed by atoms with Gasteiger partial charge in [0, 0.05) is 11.1 Å². The predicted molar refractivity (Wildman–Crippen MR) is 73.1 cm³/mol. The molecular weight excluding hydrogens is 266 g/mol. The van der Waals surface area contributed by atoms with Crippen molar-refractivity contribution in [2.45, 2.75) is 39.8 Å². The second kappa shape index (κ2) is 7.08. The van der Waals surface area contributed by atoms with Gasteiger partial charge in [-0.1, -0.05) is 20.3 Å². The highest BCUT2D eigenvalue weighted by Crippen LogP contribution is 2.11. The van der Waals surface area contributed by atoms with E-state index in [2.05, 4.69) is 15.6 Å². The van der Waals surface area contributed by atoms with E-state index in [-0.39, 0.29) is 5.92 Å². The molecule has 1 rings (SSSR count). The van der Waals surface area contributed by atoms with Gasteiger partial charge in [0.1, 0.15) is 6.04 Å². The van der Waals surface area contributed by atoms with E-state index in [0.717, 1.165) is 9.88 Å². The number of carbonyl (C=O) groups is 2. The minimum atomic E-state index is -1.02. The average molecular weight is 285 g/mol. The Hall–Kier alpha value is -1.63. The van der Waals surface area contributed by atoms with Crippen molar-refractivity contribution in [1.29, 1.82) is 0 Å². The van der Waals surface area contributed by atoms with Gasteiger partial charge in [0.25, 0.3) is 0 Å². The number of nitrogens with zero attached hydrogens (tertiary/aromatic N) is 1. The summed E-state index contributed by atoms with van der Waals surface area (Å²) in [4.78, 5) is 27.7. The fraction of sp³-hybridized carbons (Fsp3) is 0.583. The molecule has 6 nitrogen and oxygen atoms in total. The summed E-state index contributed by atoms with van der Waals surface area (Å²) in [6.45, 7) is 5.92. The van der Waals surface area contributed by atoms with Gasteiger partial charge in [-0.05, 0) is 12.8 Å². The molecule has 7 heteroatoms. The summed E-state index contributed by atoms with van der Waals surface area (Å²) in [7, 11) is 0. The van der Waals surface area contributed by atoms with Gasteiger partial charge in [0.05, 0.1) is 11.6 Å². The van der Waals surface area contributed by atoms with Crippen LogP contribution in [0.2, 0.25) is 0 Å². The molecule has 106 valence electrons. The third-order valence-corrected chi connectivity index (χ3v) is 3.77. The molecular formula is C12H19N3O3S. The van der Waals surface area contributed by atoms with E-state index in [4.69, 9.17) is 5.11 Å². The number of carbonyl (C=O) groups excluding carboxylic acids is 1. The zero-order chi connectivity index (χ0) is 14.4. The minimum Gasteiger partial charge on any atom is -0.480 e. The van der Waals surface area contributed by atoms with Crippen LogP contribution >= 0.6 is 11.3 Å². The molecule has 1 heterocycles. The van der Waals surface area contributed by atoms with Crippen LogP contribution in [0.25, 0.3) is 0 Å². The van der Waals surface area contributed by atoms with Gasteiger partial charge in [0.15, 0.2) is 0 Å². The first-order valence-electron chi connectivity index (χ1n) is 6.12. The van der Waals surface area contributed by atoms with E-state index in [9.17, 15) is 9.59 Å². The molecule has 0 aromatic carbocycles. The average Bonchev–Trinajstić information content (AvgIpc) is 2.78. The van der Waals surface area contributed by atoms with Gasteiger partial charge >= 0.3 is 12.0 Å². The van der Waals surface area contributed by atoms with E-state index >= 15 is 0 Å². The quantitative estimate of drug-likeness (QED) is 0.742. The third kappa shape index (κ3) is 4.86. The standard InChI is InChI=1S/C12H19N3O3S/c1-4-7(2)10(11(16)17)15-12(18)14-6-9-5-13-8(3)19-9/h5,7,10H,4,6H2,1-3H3,(H,16,17)(H2,14,15,18)/t7?,10-/m0/s1. The van der Waals surface area contributed by atoms with Crippen LogP contribution in [0.4, 0.5) is 4.79 Å². The molecule has 19 heavy (non-hydrogen) atoms. The van der Waals surface area contributed by atoms with Crippen LogP contribution in [-0.2, 0) is 11.3 Å². The molecule has 0 spiro atoms. The van der Waals surface area contributed by atoms with Gasteiger partial charge in [-0.25, -0.2) is 14.6 Å².